The van der Waals surface area contributed by atoms with E-state index in [4.69, 9.17) is 6.42 Å². The van der Waals surface area contributed by atoms with Gasteiger partial charge in [0.2, 0.25) is 0 Å². The van der Waals surface area contributed by atoms with E-state index in [2.05, 4.69) is 21.2 Å². The van der Waals surface area contributed by atoms with E-state index in [-0.39, 0.29) is 0 Å². The van der Waals surface area contributed by atoms with E-state index in [1.54, 1.807) is 0 Å². The Balaban J connectivity index is 1.93. The molecule has 1 N–H and O–H groups in total. The van der Waals surface area contributed by atoms with Crippen molar-refractivity contribution in [2.45, 2.75) is 19.4 Å². The van der Waals surface area contributed by atoms with Crippen LogP contribution in [0.15, 0.2) is 30.5 Å². The standard InChI is InChI=1S/C14H15N3/c1-2-3-6-9-15-10-12-11-16-13-7-4-5-8-14(13)17-12/h1,4-5,7-8,11,15H,3,6,9-10H2. The monoisotopic (exact) mass is 225 g/mol. The van der Waals surface area contributed by atoms with Gasteiger partial charge >= 0.3 is 0 Å². The summed E-state index contributed by atoms with van der Waals surface area (Å²) >= 11 is 0. The second-order valence-electron chi connectivity index (χ2n) is 3.83. The molecule has 0 atom stereocenters. The van der Waals surface area contributed by atoms with Gasteiger partial charge in [-0.1, -0.05) is 12.1 Å². The SMILES string of the molecule is C#CCCCNCc1cnc2ccccc2n1. The number of rotatable bonds is 5. The topological polar surface area (TPSA) is 37.8 Å². The lowest BCUT2D eigenvalue weighted by Gasteiger charge is -2.03. The minimum atomic E-state index is 0.738. The Bertz CT molecular complexity index is 528. The first-order chi connectivity index (χ1) is 8.40. The summed E-state index contributed by atoms with van der Waals surface area (Å²) in [5, 5.41) is 3.30. The van der Waals surface area contributed by atoms with Gasteiger partial charge in [0.1, 0.15) is 0 Å². The molecule has 0 aliphatic carbocycles. The Hall–Kier alpha value is -1.92. The molecule has 17 heavy (non-hydrogen) atoms. The Labute approximate surface area is 101 Å². The number of nitrogens with zero attached hydrogens (tertiary/aromatic N) is 2. The van der Waals surface area contributed by atoms with Crippen molar-refractivity contribution in [3.05, 3.63) is 36.2 Å². The van der Waals surface area contributed by atoms with Gasteiger partial charge in [0.15, 0.2) is 0 Å². The highest BCUT2D eigenvalue weighted by Crippen LogP contribution is 2.08. The number of fused-ring (bicyclic) bond motifs is 1. The third-order valence-electron chi connectivity index (χ3n) is 2.48. The molecule has 1 aromatic carbocycles. The number of unbranched alkanes of at least 4 members (excludes halogenated alkanes) is 1. The Kier molecular flexibility index (Phi) is 4.06. The smallest absolute Gasteiger partial charge is 0.0890 e. The zero-order valence-electron chi connectivity index (χ0n) is 9.69. The Morgan fingerprint density at radius 1 is 1.24 bits per heavy atom. The maximum atomic E-state index is 5.18. The molecule has 86 valence electrons. The first-order valence-corrected chi connectivity index (χ1v) is 5.75. The first kappa shape index (κ1) is 11.6. The van der Waals surface area contributed by atoms with Crippen LogP contribution in [0.5, 0.6) is 0 Å². The zero-order chi connectivity index (χ0) is 11.9. The molecule has 1 heterocycles. The molecule has 0 saturated carbocycles. The van der Waals surface area contributed by atoms with Crippen LogP contribution in [0.2, 0.25) is 0 Å². The van der Waals surface area contributed by atoms with Crippen molar-refractivity contribution < 1.29 is 0 Å². The number of hydrogen-bond acceptors (Lipinski definition) is 3. The lowest BCUT2D eigenvalue weighted by atomic mass is 10.3. The van der Waals surface area contributed by atoms with Crippen molar-refractivity contribution in [1.29, 1.82) is 0 Å². The summed E-state index contributed by atoms with van der Waals surface area (Å²) in [6, 6.07) is 7.88. The van der Waals surface area contributed by atoms with Crippen LogP contribution < -0.4 is 5.32 Å². The molecule has 2 rings (SSSR count). The fraction of sp³-hybridized carbons (Fsp3) is 0.286. The highest BCUT2D eigenvalue weighted by molar-refractivity contribution is 5.73. The Morgan fingerprint density at radius 2 is 2.06 bits per heavy atom. The summed E-state index contributed by atoms with van der Waals surface area (Å²) in [6.45, 7) is 1.65. The van der Waals surface area contributed by atoms with Crippen LogP contribution in [0.3, 0.4) is 0 Å². The summed E-state index contributed by atoms with van der Waals surface area (Å²) in [5.74, 6) is 2.62. The molecule has 0 amide bonds. The van der Waals surface area contributed by atoms with E-state index in [1.165, 1.54) is 0 Å². The number of terminal acetylenes is 1. The van der Waals surface area contributed by atoms with Gasteiger partial charge in [0.25, 0.3) is 0 Å². The predicted octanol–water partition coefficient (Wildman–Crippen LogP) is 2.13. The van der Waals surface area contributed by atoms with Crippen LogP contribution in [0.25, 0.3) is 11.0 Å². The molecule has 0 radical (unpaired) electrons. The second kappa shape index (κ2) is 5.97. The summed E-state index contributed by atoms with van der Waals surface area (Å²) in [5.41, 5.74) is 2.84. The summed E-state index contributed by atoms with van der Waals surface area (Å²) in [4.78, 5) is 8.89. The van der Waals surface area contributed by atoms with Crippen molar-refractivity contribution in [2.24, 2.45) is 0 Å². The van der Waals surface area contributed by atoms with Gasteiger partial charge in [0, 0.05) is 13.0 Å². The number of aromatic nitrogens is 2. The Morgan fingerprint density at radius 3 is 2.88 bits per heavy atom. The number of benzene rings is 1. The van der Waals surface area contributed by atoms with Gasteiger partial charge in [-0.3, -0.25) is 4.98 Å². The van der Waals surface area contributed by atoms with E-state index < -0.39 is 0 Å². The van der Waals surface area contributed by atoms with Crippen molar-refractivity contribution in [2.75, 3.05) is 6.54 Å². The second-order valence-corrected chi connectivity index (χ2v) is 3.83. The largest absolute Gasteiger partial charge is 0.311 e. The van der Waals surface area contributed by atoms with Crippen LogP contribution >= 0.6 is 0 Å². The third kappa shape index (κ3) is 3.27. The lowest BCUT2D eigenvalue weighted by Crippen LogP contribution is -2.15. The fourth-order valence-electron chi connectivity index (χ4n) is 1.61. The average molecular weight is 225 g/mol. The molecule has 0 aliphatic rings. The molecule has 0 saturated heterocycles. The molecular weight excluding hydrogens is 210 g/mol. The van der Waals surface area contributed by atoms with E-state index >= 15 is 0 Å². The van der Waals surface area contributed by atoms with Gasteiger partial charge < -0.3 is 5.32 Å². The third-order valence-corrected chi connectivity index (χ3v) is 2.48. The molecule has 0 spiro atoms. The van der Waals surface area contributed by atoms with Crippen LogP contribution in [-0.4, -0.2) is 16.5 Å². The predicted molar refractivity (Wildman–Crippen MR) is 69.3 cm³/mol. The highest BCUT2D eigenvalue weighted by Gasteiger charge is 1.98. The normalized spacial score (nSPS) is 10.3. The number of hydrogen-bond donors (Lipinski definition) is 1. The van der Waals surface area contributed by atoms with Crippen molar-refractivity contribution in [3.8, 4) is 12.3 Å². The molecule has 0 aliphatic heterocycles. The first-order valence-electron chi connectivity index (χ1n) is 5.75. The maximum absolute atomic E-state index is 5.18. The fourth-order valence-corrected chi connectivity index (χ4v) is 1.61. The van der Waals surface area contributed by atoms with Gasteiger partial charge in [-0.25, -0.2) is 4.98 Å². The number of nitrogens with one attached hydrogen (secondary N) is 1. The van der Waals surface area contributed by atoms with Crippen molar-refractivity contribution in [3.63, 3.8) is 0 Å². The molecule has 3 heteroatoms. The van der Waals surface area contributed by atoms with Crippen LogP contribution in [0, 0.1) is 12.3 Å². The van der Waals surface area contributed by atoms with E-state index in [0.29, 0.717) is 0 Å². The summed E-state index contributed by atoms with van der Waals surface area (Å²) in [7, 11) is 0. The molecule has 0 bridgehead atoms. The van der Waals surface area contributed by atoms with E-state index in [9.17, 15) is 0 Å². The molecular formula is C14H15N3. The summed E-state index contributed by atoms with van der Waals surface area (Å²) < 4.78 is 0. The molecule has 0 unspecified atom stereocenters. The highest BCUT2D eigenvalue weighted by atomic mass is 14.9. The molecule has 2 aromatic rings. The van der Waals surface area contributed by atoms with Gasteiger partial charge in [-0.15, -0.1) is 12.3 Å². The van der Waals surface area contributed by atoms with Crippen LogP contribution in [0.1, 0.15) is 18.5 Å². The number of para-hydroxylation sites is 2. The molecule has 1 aromatic heterocycles. The minimum absolute atomic E-state index is 0.738. The molecule has 3 nitrogen and oxygen atoms in total. The van der Waals surface area contributed by atoms with Gasteiger partial charge in [-0.05, 0) is 25.1 Å². The average Bonchev–Trinajstić information content (AvgIpc) is 2.38. The minimum Gasteiger partial charge on any atom is -0.311 e. The summed E-state index contributed by atoms with van der Waals surface area (Å²) in [6.07, 6.45) is 8.81. The van der Waals surface area contributed by atoms with Gasteiger partial charge in [-0.2, -0.15) is 0 Å². The van der Waals surface area contributed by atoms with Crippen LogP contribution in [-0.2, 0) is 6.54 Å². The lowest BCUT2D eigenvalue weighted by molar-refractivity contribution is 0.649. The van der Waals surface area contributed by atoms with Crippen LogP contribution in [0.4, 0.5) is 0 Å². The maximum Gasteiger partial charge on any atom is 0.0890 e. The van der Waals surface area contributed by atoms with E-state index in [0.717, 1.165) is 42.7 Å². The van der Waals surface area contributed by atoms with Crippen molar-refractivity contribution >= 4 is 11.0 Å². The quantitative estimate of drug-likeness (QED) is 0.625. The van der Waals surface area contributed by atoms with E-state index in [1.807, 2.05) is 30.5 Å². The zero-order valence-corrected chi connectivity index (χ0v) is 9.69. The van der Waals surface area contributed by atoms with Crippen molar-refractivity contribution in [1.82, 2.24) is 15.3 Å². The molecule has 0 fully saturated rings. The van der Waals surface area contributed by atoms with Gasteiger partial charge in [0.05, 0.1) is 22.9 Å².